The van der Waals surface area contributed by atoms with Crippen LogP contribution < -0.4 is 5.32 Å². The second-order valence-corrected chi connectivity index (χ2v) is 6.77. The van der Waals surface area contributed by atoms with Crippen LogP contribution in [0.15, 0.2) is 18.2 Å². The fourth-order valence-electron chi connectivity index (χ4n) is 4.17. The lowest BCUT2D eigenvalue weighted by Crippen LogP contribution is -2.45. The van der Waals surface area contributed by atoms with Gasteiger partial charge in [0.1, 0.15) is 5.82 Å². The number of H-pyrrole nitrogens is 1. The van der Waals surface area contributed by atoms with E-state index in [0.29, 0.717) is 6.04 Å². The van der Waals surface area contributed by atoms with E-state index in [2.05, 4.69) is 35.4 Å². The Morgan fingerprint density at radius 1 is 1.14 bits per heavy atom. The fourth-order valence-corrected chi connectivity index (χ4v) is 4.17. The molecule has 0 spiro atoms. The first-order chi connectivity index (χ1) is 10.3. The molecular formula is C18H25N3. The predicted molar refractivity (Wildman–Crippen MR) is 86.3 cm³/mol. The normalized spacial score (nSPS) is 29.5. The molecule has 1 aromatic heterocycles. The van der Waals surface area contributed by atoms with Crippen molar-refractivity contribution in [1.29, 1.82) is 0 Å². The molecule has 3 heteroatoms. The summed E-state index contributed by atoms with van der Waals surface area (Å²) >= 11 is 0. The Kier molecular flexibility index (Phi) is 3.46. The summed E-state index contributed by atoms with van der Waals surface area (Å²) in [4.78, 5) is 8.39. The summed E-state index contributed by atoms with van der Waals surface area (Å²) in [6.07, 6.45) is 9.25. The van der Waals surface area contributed by atoms with Crippen LogP contribution in [0.2, 0.25) is 0 Å². The molecule has 0 bridgehead atoms. The Bertz CT molecular complexity index is 630. The average Bonchev–Trinajstić information content (AvgIpc) is 2.97. The van der Waals surface area contributed by atoms with Gasteiger partial charge in [0, 0.05) is 6.04 Å². The van der Waals surface area contributed by atoms with E-state index >= 15 is 0 Å². The second-order valence-electron chi connectivity index (χ2n) is 6.77. The Hall–Kier alpha value is -1.35. The van der Waals surface area contributed by atoms with Crippen molar-refractivity contribution in [2.24, 2.45) is 5.92 Å². The molecule has 2 aliphatic rings. The summed E-state index contributed by atoms with van der Waals surface area (Å²) in [6, 6.07) is 7.73. The highest BCUT2D eigenvalue weighted by atomic mass is 15.1. The molecule has 0 radical (unpaired) electrons. The molecular weight excluding hydrogens is 258 g/mol. The minimum atomic E-state index is 0.418. The summed E-state index contributed by atoms with van der Waals surface area (Å²) in [5.74, 6) is 2.05. The topological polar surface area (TPSA) is 40.7 Å². The molecule has 2 aromatic rings. The van der Waals surface area contributed by atoms with Crippen molar-refractivity contribution < 1.29 is 0 Å². The van der Waals surface area contributed by atoms with E-state index in [1.165, 1.54) is 49.6 Å². The number of fused-ring (bicyclic) bond motifs is 2. The smallest absolute Gasteiger partial charge is 0.124 e. The third-order valence-electron chi connectivity index (χ3n) is 5.45. The summed E-state index contributed by atoms with van der Waals surface area (Å²) in [7, 11) is 0. The molecule has 0 amide bonds. The second kappa shape index (κ2) is 5.45. The highest BCUT2D eigenvalue weighted by Gasteiger charge is 2.33. The van der Waals surface area contributed by atoms with E-state index in [-0.39, 0.29) is 0 Å². The lowest BCUT2D eigenvalue weighted by Gasteiger charge is -2.39. The summed E-state index contributed by atoms with van der Waals surface area (Å²) < 4.78 is 0. The zero-order valence-electron chi connectivity index (χ0n) is 12.9. The van der Waals surface area contributed by atoms with Gasteiger partial charge in [0.15, 0.2) is 0 Å². The molecule has 2 fully saturated rings. The van der Waals surface area contributed by atoms with E-state index in [1.54, 1.807) is 0 Å². The Balaban J connectivity index is 1.58. The van der Waals surface area contributed by atoms with E-state index < -0.39 is 0 Å². The van der Waals surface area contributed by atoms with Crippen molar-refractivity contribution in [2.75, 3.05) is 0 Å². The zero-order chi connectivity index (χ0) is 14.2. The van der Waals surface area contributed by atoms with Gasteiger partial charge in [-0.1, -0.05) is 25.8 Å². The Labute approximate surface area is 126 Å². The van der Waals surface area contributed by atoms with E-state index in [1.807, 2.05) is 0 Å². The van der Waals surface area contributed by atoms with Crippen LogP contribution in [-0.2, 0) is 6.42 Å². The van der Waals surface area contributed by atoms with Gasteiger partial charge in [-0.05, 0) is 55.7 Å². The molecule has 3 atom stereocenters. The van der Waals surface area contributed by atoms with Crippen LogP contribution in [-0.4, -0.2) is 16.0 Å². The molecule has 1 saturated carbocycles. The first-order valence-electron chi connectivity index (χ1n) is 8.58. The van der Waals surface area contributed by atoms with Crippen LogP contribution in [0, 0.1) is 5.92 Å². The molecule has 1 aliphatic heterocycles. The summed E-state index contributed by atoms with van der Waals surface area (Å²) in [6.45, 7) is 2.20. The maximum Gasteiger partial charge on any atom is 0.124 e. The average molecular weight is 283 g/mol. The fraction of sp³-hybridized carbons (Fsp3) is 0.611. The quantitative estimate of drug-likeness (QED) is 0.871. The van der Waals surface area contributed by atoms with E-state index in [9.17, 15) is 0 Å². The number of imidazole rings is 1. The van der Waals surface area contributed by atoms with Crippen LogP contribution in [0.4, 0.5) is 0 Å². The number of piperidine rings is 1. The van der Waals surface area contributed by atoms with Gasteiger partial charge in [-0.15, -0.1) is 0 Å². The first kappa shape index (κ1) is 13.3. The van der Waals surface area contributed by atoms with Gasteiger partial charge in [0.2, 0.25) is 0 Å². The van der Waals surface area contributed by atoms with Crippen LogP contribution in [0.3, 0.4) is 0 Å². The zero-order valence-corrected chi connectivity index (χ0v) is 12.9. The van der Waals surface area contributed by atoms with Gasteiger partial charge in [-0.2, -0.15) is 0 Å². The van der Waals surface area contributed by atoms with Crippen molar-refractivity contribution in [3.8, 4) is 0 Å². The lowest BCUT2D eigenvalue weighted by molar-refractivity contribution is 0.174. The highest BCUT2D eigenvalue weighted by molar-refractivity contribution is 5.76. The molecule has 112 valence electrons. The molecule has 1 aromatic carbocycles. The largest absolute Gasteiger partial charge is 0.341 e. The number of aromatic nitrogens is 2. The number of hydrogen-bond donors (Lipinski definition) is 2. The molecule has 1 saturated heterocycles. The number of aromatic amines is 1. The SMILES string of the molecule is CCc1ccc2nc(C3CCC4CCCCC4N3)[nH]c2c1. The van der Waals surface area contributed by atoms with Crippen molar-refractivity contribution in [3.05, 3.63) is 29.6 Å². The number of aryl methyl sites for hydroxylation is 1. The highest BCUT2D eigenvalue weighted by Crippen LogP contribution is 2.36. The molecule has 1 aliphatic carbocycles. The lowest BCUT2D eigenvalue weighted by atomic mass is 9.77. The number of hydrogen-bond acceptors (Lipinski definition) is 2. The number of benzene rings is 1. The van der Waals surface area contributed by atoms with Gasteiger partial charge >= 0.3 is 0 Å². The van der Waals surface area contributed by atoms with Crippen LogP contribution >= 0.6 is 0 Å². The molecule has 2 heterocycles. The summed E-state index contributed by atoms with van der Waals surface area (Å²) in [5, 5.41) is 3.87. The van der Waals surface area contributed by atoms with Gasteiger partial charge in [-0.3, -0.25) is 0 Å². The van der Waals surface area contributed by atoms with Crippen molar-refractivity contribution in [2.45, 2.75) is 64.0 Å². The van der Waals surface area contributed by atoms with Crippen molar-refractivity contribution in [3.63, 3.8) is 0 Å². The molecule has 2 N–H and O–H groups in total. The van der Waals surface area contributed by atoms with Gasteiger partial charge < -0.3 is 10.3 Å². The Morgan fingerprint density at radius 2 is 2.05 bits per heavy atom. The van der Waals surface area contributed by atoms with Crippen LogP contribution in [0.25, 0.3) is 11.0 Å². The number of nitrogens with one attached hydrogen (secondary N) is 2. The predicted octanol–water partition coefficient (Wildman–Crippen LogP) is 4.11. The van der Waals surface area contributed by atoms with Crippen molar-refractivity contribution >= 4 is 11.0 Å². The Morgan fingerprint density at radius 3 is 2.95 bits per heavy atom. The van der Waals surface area contributed by atoms with E-state index in [4.69, 9.17) is 4.98 Å². The van der Waals surface area contributed by atoms with E-state index in [0.717, 1.165) is 29.7 Å². The number of nitrogens with zero attached hydrogens (tertiary/aromatic N) is 1. The van der Waals surface area contributed by atoms with Crippen LogP contribution in [0.1, 0.15) is 62.9 Å². The minimum Gasteiger partial charge on any atom is -0.341 e. The third-order valence-corrected chi connectivity index (χ3v) is 5.45. The first-order valence-corrected chi connectivity index (χ1v) is 8.58. The third kappa shape index (κ3) is 2.48. The monoisotopic (exact) mass is 283 g/mol. The molecule has 21 heavy (non-hydrogen) atoms. The molecule has 3 unspecified atom stereocenters. The molecule has 4 rings (SSSR count). The summed E-state index contributed by atoms with van der Waals surface area (Å²) in [5.41, 5.74) is 3.67. The minimum absolute atomic E-state index is 0.418. The van der Waals surface area contributed by atoms with Crippen molar-refractivity contribution in [1.82, 2.24) is 15.3 Å². The van der Waals surface area contributed by atoms with Gasteiger partial charge in [0.25, 0.3) is 0 Å². The molecule has 3 nitrogen and oxygen atoms in total. The maximum absolute atomic E-state index is 4.83. The maximum atomic E-state index is 4.83. The van der Waals surface area contributed by atoms with Crippen LogP contribution in [0.5, 0.6) is 0 Å². The number of rotatable bonds is 2. The standard InChI is InChI=1S/C18H25N3/c1-2-12-7-9-15-17(11-12)21-18(20-15)16-10-8-13-5-3-4-6-14(13)19-16/h7,9,11,13-14,16,19H,2-6,8,10H2,1H3,(H,20,21). The van der Waals surface area contributed by atoms with Gasteiger partial charge in [0.05, 0.1) is 17.1 Å². The van der Waals surface area contributed by atoms with Gasteiger partial charge in [-0.25, -0.2) is 4.98 Å².